The van der Waals surface area contributed by atoms with Gasteiger partial charge >= 0.3 is 0 Å². The lowest BCUT2D eigenvalue weighted by atomic mass is 9.95. The number of pyridine rings is 1. The molecule has 0 aromatic carbocycles. The van der Waals surface area contributed by atoms with Crippen LogP contribution in [0.4, 0.5) is 11.4 Å². The van der Waals surface area contributed by atoms with Crippen LogP contribution in [0.25, 0.3) is 0 Å². The van der Waals surface area contributed by atoms with Crippen LogP contribution in [0.3, 0.4) is 0 Å². The second kappa shape index (κ2) is 4.84. The van der Waals surface area contributed by atoms with Crippen LogP contribution in [-0.4, -0.2) is 11.0 Å². The molecule has 0 bridgehead atoms. The van der Waals surface area contributed by atoms with Crippen molar-refractivity contribution in [2.24, 2.45) is 0 Å². The number of nitrogens with zero attached hydrogens (tertiary/aromatic N) is 1. The van der Waals surface area contributed by atoms with Gasteiger partial charge in [-0.1, -0.05) is 19.3 Å². The number of hydrogen-bond donors (Lipinski definition) is 2. The molecule has 0 aliphatic heterocycles. The Morgan fingerprint density at radius 3 is 2.67 bits per heavy atom. The number of anilines is 2. The summed E-state index contributed by atoms with van der Waals surface area (Å²) < 4.78 is 0.952. The summed E-state index contributed by atoms with van der Waals surface area (Å²) in [6.07, 6.45) is 9.96. The molecule has 0 amide bonds. The highest BCUT2D eigenvalue weighted by atomic mass is 79.9. The molecule has 0 spiro atoms. The Bertz CT molecular complexity index is 314. The van der Waals surface area contributed by atoms with E-state index in [0.29, 0.717) is 6.04 Å². The normalized spacial score (nSPS) is 17.7. The Kier molecular flexibility index (Phi) is 3.46. The van der Waals surface area contributed by atoms with Crippen LogP contribution in [0.5, 0.6) is 0 Å². The molecule has 1 aromatic rings. The summed E-state index contributed by atoms with van der Waals surface area (Å²) in [6.45, 7) is 0. The SMILES string of the molecule is Nc1cncc(Br)c1NC1CCCCC1. The first-order valence-electron chi connectivity index (χ1n) is 5.43. The van der Waals surface area contributed by atoms with E-state index in [-0.39, 0.29) is 0 Å². The monoisotopic (exact) mass is 269 g/mol. The molecule has 1 aromatic heterocycles. The van der Waals surface area contributed by atoms with Gasteiger partial charge in [-0.2, -0.15) is 0 Å². The molecule has 4 heteroatoms. The van der Waals surface area contributed by atoms with E-state index in [4.69, 9.17) is 5.73 Å². The number of rotatable bonds is 2. The average Bonchev–Trinajstić information content (AvgIpc) is 2.25. The highest BCUT2D eigenvalue weighted by molar-refractivity contribution is 9.10. The summed E-state index contributed by atoms with van der Waals surface area (Å²) in [6, 6.07) is 0.569. The first-order chi connectivity index (χ1) is 7.27. The minimum atomic E-state index is 0.569. The minimum absolute atomic E-state index is 0.569. The predicted octanol–water partition coefficient (Wildman–Crippen LogP) is 3.17. The molecule has 1 saturated carbocycles. The Morgan fingerprint density at radius 2 is 2.00 bits per heavy atom. The lowest BCUT2D eigenvalue weighted by molar-refractivity contribution is 0.462. The van der Waals surface area contributed by atoms with Crippen molar-refractivity contribution in [3.8, 4) is 0 Å². The standard InChI is InChI=1S/C11H16BrN3/c12-9-6-14-7-10(13)11(9)15-8-4-2-1-3-5-8/h6-8H,1-5,13H2,(H,14,15). The number of hydrogen-bond acceptors (Lipinski definition) is 3. The quantitative estimate of drug-likeness (QED) is 0.867. The fourth-order valence-electron chi connectivity index (χ4n) is 2.05. The van der Waals surface area contributed by atoms with Crippen LogP contribution in [-0.2, 0) is 0 Å². The first kappa shape index (κ1) is 10.7. The van der Waals surface area contributed by atoms with Crippen LogP contribution in [0.2, 0.25) is 0 Å². The highest BCUT2D eigenvalue weighted by Gasteiger charge is 2.15. The van der Waals surface area contributed by atoms with Crippen LogP contribution in [0.15, 0.2) is 16.9 Å². The predicted molar refractivity (Wildman–Crippen MR) is 66.8 cm³/mol. The van der Waals surface area contributed by atoms with Crippen molar-refractivity contribution < 1.29 is 0 Å². The Labute approximate surface area is 98.6 Å². The van der Waals surface area contributed by atoms with Crippen molar-refractivity contribution in [3.63, 3.8) is 0 Å². The molecule has 3 nitrogen and oxygen atoms in total. The average molecular weight is 270 g/mol. The molecular formula is C11H16BrN3. The minimum Gasteiger partial charge on any atom is -0.396 e. The molecule has 15 heavy (non-hydrogen) atoms. The van der Waals surface area contributed by atoms with Crippen molar-refractivity contribution >= 4 is 27.3 Å². The van der Waals surface area contributed by atoms with Gasteiger partial charge in [-0.05, 0) is 28.8 Å². The van der Waals surface area contributed by atoms with E-state index in [0.717, 1.165) is 15.8 Å². The van der Waals surface area contributed by atoms with Crippen LogP contribution in [0.1, 0.15) is 32.1 Å². The smallest absolute Gasteiger partial charge is 0.0752 e. The molecule has 2 rings (SSSR count). The number of halogens is 1. The van der Waals surface area contributed by atoms with Crippen LogP contribution >= 0.6 is 15.9 Å². The Balaban J connectivity index is 2.09. The van der Waals surface area contributed by atoms with Gasteiger partial charge in [0.1, 0.15) is 0 Å². The van der Waals surface area contributed by atoms with Gasteiger partial charge in [-0.25, -0.2) is 0 Å². The molecule has 0 radical (unpaired) electrons. The van der Waals surface area contributed by atoms with Gasteiger partial charge in [-0.15, -0.1) is 0 Å². The molecule has 1 heterocycles. The van der Waals surface area contributed by atoms with E-state index in [1.165, 1.54) is 32.1 Å². The van der Waals surface area contributed by atoms with E-state index in [9.17, 15) is 0 Å². The first-order valence-corrected chi connectivity index (χ1v) is 6.22. The maximum Gasteiger partial charge on any atom is 0.0752 e. The Morgan fingerprint density at radius 1 is 1.27 bits per heavy atom. The van der Waals surface area contributed by atoms with Crippen molar-refractivity contribution in [2.75, 3.05) is 11.1 Å². The molecule has 82 valence electrons. The highest BCUT2D eigenvalue weighted by Crippen LogP contribution is 2.30. The summed E-state index contributed by atoms with van der Waals surface area (Å²) in [5, 5.41) is 3.51. The molecule has 1 aliphatic carbocycles. The fourth-order valence-corrected chi connectivity index (χ4v) is 2.51. The van der Waals surface area contributed by atoms with Gasteiger partial charge in [0.05, 0.1) is 22.0 Å². The molecular weight excluding hydrogens is 254 g/mol. The molecule has 1 aliphatic rings. The van der Waals surface area contributed by atoms with Crippen molar-refractivity contribution in [1.82, 2.24) is 4.98 Å². The Hall–Kier alpha value is -0.770. The van der Waals surface area contributed by atoms with Crippen molar-refractivity contribution in [2.45, 2.75) is 38.1 Å². The number of nitrogen functional groups attached to an aromatic ring is 1. The molecule has 3 N–H and O–H groups in total. The molecule has 0 unspecified atom stereocenters. The molecule has 0 saturated heterocycles. The maximum atomic E-state index is 5.88. The lowest BCUT2D eigenvalue weighted by Crippen LogP contribution is -2.23. The zero-order valence-electron chi connectivity index (χ0n) is 8.67. The van der Waals surface area contributed by atoms with Gasteiger partial charge in [0.15, 0.2) is 0 Å². The summed E-state index contributed by atoms with van der Waals surface area (Å²) in [4.78, 5) is 4.03. The van der Waals surface area contributed by atoms with Gasteiger partial charge in [0, 0.05) is 12.2 Å². The van der Waals surface area contributed by atoms with Crippen LogP contribution < -0.4 is 11.1 Å². The van der Waals surface area contributed by atoms with Gasteiger partial charge < -0.3 is 11.1 Å². The molecule has 1 fully saturated rings. The number of aromatic nitrogens is 1. The van der Waals surface area contributed by atoms with E-state index in [2.05, 4.69) is 26.2 Å². The van der Waals surface area contributed by atoms with Gasteiger partial charge in [0.2, 0.25) is 0 Å². The second-order valence-electron chi connectivity index (χ2n) is 4.06. The van der Waals surface area contributed by atoms with E-state index >= 15 is 0 Å². The van der Waals surface area contributed by atoms with Crippen molar-refractivity contribution in [3.05, 3.63) is 16.9 Å². The third kappa shape index (κ3) is 2.62. The van der Waals surface area contributed by atoms with Gasteiger partial charge in [-0.3, -0.25) is 4.98 Å². The summed E-state index contributed by atoms with van der Waals surface area (Å²) in [7, 11) is 0. The zero-order chi connectivity index (χ0) is 10.7. The lowest BCUT2D eigenvalue weighted by Gasteiger charge is -2.25. The topological polar surface area (TPSA) is 50.9 Å². The van der Waals surface area contributed by atoms with Gasteiger partial charge in [0.25, 0.3) is 0 Å². The summed E-state index contributed by atoms with van der Waals surface area (Å²) >= 11 is 3.47. The fraction of sp³-hybridized carbons (Fsp3) is 0.545. The number of nitrogens with two attached hydrogens (primary N) is 1. The van der Waals surface area contributed by atoms with E-state index < -0.39 is 0 Å². The molecule has 0 atom stereocenters. The van der Waals surface area contributed by atoms with Crippen LogP contribution in [0, 0.1) is 0 Å². The van der Waals surface area contributed by atoms with E-state index in [1.807, 2.05) is 0 Å². The number of nitrogens with one attached hydrogen (secondary N) is 1. The van der Waals surface area contributed by atoms with E-state index in [1.54, 1.807) is 12.4 Å². The van der Waals surface area contributed by atoms with Crippen molar-refractivity contribution in [1.29, 1.82) is 0 Å². The largest absolute Gasteiger partial charge is 0.396 e. The maximum absolute atomic E-state index is 5.88. The third-order valence-corrected chi connectivity index (χ3v) is 3.48. The zero-order valence-corrected chi connectivity index (χ0v) is 10.3. The third-order valence-electron chi connectivity index (χ3n) is 2.88. The second-order valence-corrected chi connectivity index (χ2v) is 4.92. The summed E-state index contributed by atoms with van der Waals surface area (Å²) in [5.74, 6) is 0. The summed E-state index contributed by atoms with van der Waals surface area (Å²) in [5.41, 5.74) is 7.60.